The van der Waals surface area contributed by atoms with E-state index in [1.807, 2.05) is 18.2 Å². The molecule has 0 saturated carbocycles. The van der Waals surface area contributed by atoms with E-state index in [0.29, 0.717) is 13.0 Å². The second-order valence-electron chi connectivity index (χ2n) is 4.25. The van der Waals surface area contributed by atoms with E-state index in [9.17, 15) is 18.0 Å². The Morgan fingerprint density at radius 2 is 2.06 bits per heavy atom. The lowest BCUT2D eigenvalue weighted by atomic mass is 10.0. The number of carbonyl (C=O) groups is 1. The number of halogens is 4. The van der Waals surface area contributed by atoms with Crippen molar-refractivity contribution in [3.05, 3.63) is 32.9 Å². The molecule has 1 atom stereocenters. The fourth-order valence-corrected chi connectivity index (χ4v) is 2.61. The number of nitrogens with one attached hydrogen (secondary N) is 1. The van der Waals surface area contributed by atoms with Crippen molar-refractivity contribution in [2.45, 2.75) is 31.6 Å². The summed E-state index contributed by atoms with van der Waals surface area (Å²) in [6.45, 7) is 0.304. The van der Waals surface area contributed by atoms with Crippen LogP contribution in [0.3, 0.4) is 0 Å². The van der Waals surface area contributed by atoms with Gasteiger partial charge in [0.15, 0.2) is 0 Å². The van der Waals surface area contributed by atoms with Gasteiger partial charge in [-0.25, -0.2) is 0 Å². The Morgan fingerprint density at radius 3 is 2.72 bits per heavy atom. The molecule has 0 aromatic heterocycles. The third-order valence-electron chi connectivity index (χ3n) is 3.01. The van der Waals surface area contributed by atoms with Gasteiger partial charge >= 0.3 is 6.18 Å². The summed E-state index contributed by atoms with van der Waals surface area (Å²) in [5, 5.41) is 2.69. The summed E-state index contributed by atoms with van der Waals surface area (Å²) in [5.41, 5.74) is 1.99. The first-order valence-corrected chi connectivity index (χ1v) is 6.57. The topological polar surface area (TPSA) is 29.1 Å². The maximum absolute atomic E-state index is 12.4. The highest BCUT2D eigenvalue weighted by Crippen LogP contribution is 2.24. The smallest absolute Gasteiger partial charge is 0.303 e. The Bertz CT molecular complexity index is 473. The Morgan fingerprint density at radius 1 is 1.33 bits per heavy atom. The average molecular weight is 369 g/mol. The SMILES string of the molecule is O=C(C1CCc2cc(I)ccc2CN1)C(F)(F)F. The molecule has 1 aromatic rings. The third-order valence-corrected chi connectivity index (χ3v) is 3.68. The van der Waals surface area contributed by atoms with Gasteiger partial charge in [-0.3, -0.25) is 4.79 Å². The van der Waals surface area contributed by atoms with Crippen LogP contribution in [0.4, 0.5) is 13.2 Å². The molecule has 2 rings (SSSR count). The number of hydrogen-bond acceptors (Lipinski definition) is 2. The van der Waals surface area contributed by atoms with Gasteiger partial charge < -0.3 is 5.32 Å². The van der Waals surface area contributed by atoms with E-state index in [0.717, 1.165) is 14.7 Å². The molecular formula is C12H11F3INO. The van der Waals surface area contributed by atoms with Crippen LogP contribution in [-0.2, 0) is 17.8 Å². The first kappa shape index (κ1) is 13.8. The molecule has 1 aliphatic heterocycles. The molecular weight excluding hydrogens is 358 g/mol. The minimum atomic E-state index is -4.76. The maximum Gasteiger partial charge on any atom is 0.451 e. The normalized spacial score (nSPS) is 20.1. The van der Waals surface area contributed by atoms with E-state index in [2.05, 4.69) is 27.9 Å². The summed E-state index contributed by atoms with van der Waals surface area (Å²) in [5.74, 6) is -1.68. The van der Waals surface area contributed by atoms with Gasteiger partial charge in [0.2, 0.25) is 0 Å². The number of ketones is 1. The summed E-state index contributed by atoms with van der Waals surface area (Å²) < 4.78 is 38.2. The summed E-state index contributed by atoms with van der Waals surface area (Å²) in [6.07, 6.45) is -4.08. The van der Waals surface area contributed by atoms with Crippen molar-refractivity contribution in [1.29, 1.82) is 0 Å². The van der Waals surface area contributed by atoms with E-state index in [1.54, 1.807) is 0 Å². The highest BCUT2D eigenvalue weighted by Gasteiger charge is 2.43. The minimum Gasteiger partial charge on any atom is -0.303 e. The lowest BCUT2D eigenvalue weighted by Gasteiger charge is -2.15. The van der Waals surface area contributed by atoms with E-state index in [-0.39, 0.29) is 6.42 Å². The van der Waals surface area contributed by atoms with Crippen LogP contribution in [0.25, 0.3) is 0 Å². The molecule has 98 valence electrons. The van der Waals surface area contributed by atoms with Crippen molar-refractivity contribution in [3.8, 4) is 0 Å². The van der Waals surface area contributed by atoms with Gasteiger partial charge in [0.1, 0.15) is 0 Å². The van der Waals surface area contributed by atoms with E-state index >= 15 is 0 Å². The van der Waals surface area contributed by atoms with Crippen LogP contribution in [0, 0.1) is 3.57 Å². The molecule has 0 fully saturated rings. The molecule has 18 heavy (non-hydrogen) atoms. The van der Waals surface area contributed by atoms with Crippen LogP contribution in [-0.4, -0.2) is 18.0 Å². The van der Waals surface area contributed by atoms with Crippen molar-refractivity contribution in [2.75, 3.05) is 0 Å². The van der Waals surface area contributed by atoms with Crippen molar-refractivity contribution in [1.82, 2.24) is 5.32 Å². The Labute approximate surface area is 116 Å². The summed E-state index contributed by atoms with van der Waals surface area (Å²) >= 11 is 2.16. The molecule has 1 aromatic carbocycles. The van der Waals surface area contributed by atoms with Crippen molar-refractivity contribution < 1.29 is 18.0 Å². The molecule has 0 spiro atoms. The second-order valence-corrected chi connectivity index (χ2v) is 5.49. The van der Waals surface area contributed by atoms with Crippen LogP contribution in [0.2, 0.25) is 0 Å². The molecule has 0 amide bonds. The van der Waals surface area contributed by atoms with Gasteiger partial charge in [0, 0.05) is 10.1 Å². The van der Waals surface area contributed by atoms with Crippen LogP contribution in [0.5, 0.6) is 0 Å². The van der Waals surface area contributed by atoms with Crippen LogP contribution >= 0.6 is 22.6 Å². The first-order chi connectivity index (χ1) is 8.38. The van der Waals surface area contributed by atoms with Crippen LogP contribution in [0.1, 0.15) is 17.5 Å². The molecule has 0 aliphatic carbocycles. The van der Waals surface area contributed by atoms with Crippen LogP contribution in [0.15, 0.2) is 18.2 Å². The number of alkyl halides is 3. The highest BCUT2D eigenvalue weighted by molar-refractivity contribution is 14.1. The minimum absolute atomic E-state index is 0.186. The predicted molar refractivity (Wildman–Crippen MR) is 69.2 cm³/mol. The molecule has 2 nitrogen and oxygen atoms in total. The largest absolute Gasteiger partial charge is 0.451 e. The van der Waals surface area contributed by atoms with E-state index in [4.69, 9.17) is 0 Å². The lowest BCUT2D eigenvalue weighted by molar-refractivity contribution is -0.173. The molecule has 6 heteroatoms. The van der Waals surface area contributed by atoms with Gasteiger partial charge in [-0.2, -0.15) is 13.2 Å². The molecule has 1 unspecified atom stereocenters. The van der Waals surface area contributed by atoms with Gasteiger partial charge in [-0.1, -0.05) is 6.07 Å². The quantitative estimate of drug-likeness (QED) is 0.772. The Kier molecular flexibility index (Phi) is 3.96. The average Bonchev–Trinajstić information content (AvgIpc) is 2.48. The number of rotatable bonds is 1. The first-order valence-electron chi connectivity index (χ1n) is 5.49. The standard InChI is InChI=1S/C12H11F3INO/c13-12(14,15)11(18)10-4-2-7-5-9(16)3-1-8(7)6-17-10/h1,3,5,10,17H,2,4,6H2. The number of fused-ring (bicyclic) bond motifs is 1. The number of hydrogen-bond donors (Lipinski definition) is 1. The number of aryl methyl sites for hydroxylation is 1. The molecule has 0 saturated heterocycles. The molecule has 1 aliphatic rings. The summed E-state index contributed by atoms with van der Waals surface area (Å²) in [4.78, 5) is 11.2. The van der Waals surface area contributed by atoms with Crippen molar-refractivity contribution >= 4 is 28.4 Å². The Balaban J connectivity index is 2.15. The van der Waals surface area contributed by atoms with Crippen molar-refractivity contribution in [3.63, 3.8) is 0 Å². The zero-order valence-corrected chi connectivity index (χ0v) is 11.5. The number of carbonyl (C=O) groups excluding carboxylic acids is 1. The Hall–Kier alpha value is -0.630. The number of Topliss-reactive ketones (excluding diaryl/α,β-unsaturated/α-hetero) is 1. The van der Waals surface area contributed by atoms with Gasteiger partial charge in [-0.15, -0.1) is 0 Å². The predicted octanol–water partition coefficient (Wildman–Crippen LogP) is 2.83. The second kappa shape index (κ2) is 5.16. The van der Waals surface area contributed by atoms with Crippen LogP contribution < -0.4 is 5.32 Å². The lowest BCUT2D eigenvalue weighted by Crippen LogP contribution is -2.43. The fourth-order valence-electron chi connectivity index (χ4n) is 2.06. The van der Waals surface area contributed by atoms with Gasteiger partial charge in [0.25, 0.3) is 5.78 Å². The molecule has 0 bridgehead atoms. The summed E-state index contributed by atoms with van der Waals surface area (Å²) in [6, 6.07) is 4.63. The molecule has 1 N–H and O–H groups in total. The molecule has 0 radical (unpaired) electrons. The third kappa shape index (κ3) is 3.03. The highest BCUT2D eigenvalue weighted by atomic mass is 127. The fraction of sp³-hybridized carbons (Fsp3) is 0.417. The monoisotopic (exact) mass is 369 g/mol. The van der Waals surface area contributed by atoms with Gasteiger partial charge in [-0.05, 0) is 58.7 Å². The van der Waals surface area contributed by atoms with E-state index < -0.39 is 18.0 Å². The van der Waals surface area contributed by atoms with E-state index in [1.165, 1.54) is 0 Å². The van der Waals surface area contributed by atoms with Gasteiger partial charge in [0.05, 0.1) is 6.04 Å². The zero-order valence-electron chi connectivity index (χ0n) is 9.35. The summed E-state index contributed by atoms with van der Waals surface area (Å²) in [7, 11) is 0. The number of benzene rings is 1. The van der Waals surface area contributed by atoms with Crippen molar-refractivity contribution in [2.24, 2.45) is 0 Å². The zero-order chi connectivity index (χ0) is 13.3. The maximum atomic E-state index is 12.4. The molecule has 1 heterocycles.